The quantitative estimate of drug-likeness (QED) is 0.749. The first-order valence-corrected chi connectivity index (χ1v) is 4.02. The Bertz CT molecular complexity index is 450. The predicted octanol–water partition coefficient (Wildman–Crippen LogP) is 1.77. The Kier molecular flexibility index (Phi) is 1.92. The molecule has 2 aromatic rings. The Morgan fingerprint density at radius 1 is 1.43 bits per heavy atom. The van der Waals surface area contributed by atoms with Crippen molar-refractivity contribution in [1.82, 2.24) is 10.1 Å². The number of aromatic nitrogens is 2. The van der Waals surface area contributed by atoms with Gasteiger partial charge in [0.15, 0.2) is 11.6 Å². The van der Waals surface area contributed by atoms with Crippen LogP contribution in [0.2, 0.25) is 0 Å². The average Bonchev–Trinajstić information content (AvgIpc) is 2.50. The summed E-state index contributed by atoms with van der Waals surface area (Å²) in [6, 6.07) is 2.82. The van der Waals surface area contributed by atoms with Crippen molar-refractivity contribution in [1.29, 1.82) is 0 Å². The maximum atomic E-state index is 12.6. The number of halogens is 1. The zero-order valence-corrected chi connectivity index (χ0v) is 7.49. The third-order valence-corrected chi connectivity index (χ3v) is 1.92. The Balaban J connectivity index is 2.49. The standard InChI is InChI=1S/C9H8FN3O/c1-5-8(14-13-9(5)11)7-3-2-6(10)4-12-7/h2-4H,1H3,(H2,11,13). The van der Waals surface area contributed by atoms with Crippen LogP contribution in [0.4, 0.5) is 10.2 Å². The molecule has 2 heterocycles. The molecule has 5 heteroatoms. The molecule has 0 aliphatic carbocycles. The van der Waals surface area contributed by atoms with Gasteiger partial charge in [-0.25, -0.2) is 9.37 Å². The minimum absolute atomic E-state index is 0.325. The van der Waals surface area contributed by atoms with Crippen molar-refractivity contribution < 1.29 is 8.91 Å². The van der Waals surface area contributed by atoms with Gasteiger partial charge in [-0.1, -0.05) is 5.16 Å². The summed E-state index contributed by atoms with van der Waals surface area (Å²) >= 11 is 0. The number of hydrogen-bond acceptors (Lipinski definition) is 4. The first-order chi connectivity index (χ1) is 6.68. The molecule has 0 radical (unpaired) electrons. The van der Waals surface area contributed by atoms with E-state index in [0.29, 0.717) is 22.8 Å². The summed E-state index contributed by atoms with van der Waals surface area (Å²) in [5, 5.41) is 3.58. The Morgan fingerprint density at radius 2 is 2.21 bits per heavy atom. The highest BCUT2D eigenvalue weighted by Gasteiger charge is 2.12. The first-order valence-electron chi connectivity index (χ1n) is 4.02. The minimum Gasteiger partial charge on any atom is -0.381 e. The van der Waals surface area contributed by atoms with Crippen LogP contribution in [0.15, 0.2) is 22.9 Å². The van der Waals surface area contributed by atoms with Crippen molar-refractivity contribution >= 4 is 5.82 Å². The lowest BCUT2D eigenvalue weighted by molar-refractivity contribution is 0.434. The summed E-state index contributed by atoms with van der Waals surface area (Å²) in [4.78, 5) is 3.86. The maximum Gasteiger partial charge on any atom is 0.190 e. The summed E-state index contributed by atoms with van der Waals surface area (Å²) in [6.45, 7) is 1.77. The van der Waals surface area contributed by atoms with E-state index in [1.54, 1.807) is 6.92 Å². The van der Waals surface area contributed by atoms with Gasteiger partial charge in [0.25, 0.3) is 0 Å². The van der Waals surface area contributed by atoms with E-state index < -0.39 is 0 Å². The second-order valence-electron chi connectivity index (χ2n) is 2.88. The van der Waals surface area contributed by atoms with Gasteiger partial charge in [-0.3, -0.25) is 0 Å². The van der Waals surface area contributed by atoms with Gasteiger partial charge in [-0.2, -0.15) is 0 Å². The summed E-state index contributed by atoms with van der Waals surface area (Å²) in [5.41, 5.74) is 6.73. The van der Waals surface area contributed by atoms with Gasteiger partial charge in [0.2, 0.25) is 0 Å². The van der Waals surface area contributed by atoms with Gasteiger partial charge >= 0.3 is 0 Å². The molecule has 0 bridgehead atoms. The first kappa shape index (κ1) is 8.68. The van der Waals surface area contributed by atoms with E-state index in [-0.39, 0.29) is 5.82 Å². The number of nitrogen functional groups attached to an aromatic ring is 1. The Labute approximate surface area is 79.5 Å². The smallest absolute Gasteiger partial charge is 0.190 e. The zero-order valence-electron chi connectivity index (χ0n) is 7.49. The van der Waals surface area contributed by atoms with Crippen LogP contribution in [0.5, 0.6) is 0 Å². The molecular weight excluding hydrogens is 185 g/mol. The molecule has 0 aliphatic rings. The van der Waals surface area contributed by atoms with Gasteiger partial charge < -0.3 is 10.3 Å². The molecule has 0 saturated heterocycles. The van der Waals surface area contributed by atoms with Crippen molar-refractivity contribution in [3.63, 3.8) is 0 Å². The van der Waals surface area contributed by atoms with E-state index in [2.05, 4.69) is 10.1 Å². The fourth-order valence-electron chi connectivity index (χ4n) is 1.10. The molecular formula is C9H8FN3O. The van der Waals surface area contributed by atoms with Crippen molar-refractivity contribution in [2.24, 2.45) is 0 Å². The van der Waals surface area contributed by atoms with Crippen molar-refractivity contribution in [2.75, 3.05) is 5.73 Å². The summed E-state index contributed by atoms with van der Waals surface area (Å²) in [7, 11) is 0. The Morgan fingerprint density at radius 3 is 2.71 bits per heavy atom. The molecule has 2 aromatic heterocycles. The fourth-order valence-corrected chi connectivity index (χ4v) is 1.10. The van der Waals surface area contributed by atoms with Crippen molar-refractivity contribution in [3.8, 4) is 11.5 Å². The van der Waals surface area contributed by atoms with Gasteiger partial charge in [0, 0.05) is 5.56 Å². The lowest BCUT2D eigenvalue weighted by Gasteiger charge is -1.95. The average molecular weight is 193 g/mol. The van der Waals surface area contributed by atoms with Gasteiger partial charge in [-0.05, 0) is 19.1 Å². The monoisotopic (exact) mass is 193 g/mol. The molecule has 0 fully saturated rings. The Hall–Kier alpha value is -1.91. The molecule has 2 rings (SSSR count). The second kappa shape index (κ2) is 3.10. The van der Waals surface area contributed by atoms with Crippen LogP contribution in [0.3, 0.4) is 0 Å². The molecule has 2 N–H and O–H groups in total. The number of hydrogen-bond donors (Lipinski definition) is 1. The molecule has 0 amide bonds. The maximum absolute atomic E-state index is 12.6. The number of pyridine rings is 1. The molecule has 72 valence electrons. The molecule has 0 saturated carbocycles. The van der Waals surface area contributed by atoms with E-state index in [4.69, 9.17) is 10.3 Å². The van der Waals surface area contributed by atoms with Crippen molar-refractivity contribution in [3.05, 3.63) is 29.7 Å². The lowest BCUT2D eigenvalue weighted by atomic mass is 10.2. The highest BCUT2D eigenvalue weighted by atomic mass is 19.1. The number of nitrogens with two attached hydrogens (primary N) is 1. The fraction of sp³-hybridized carbons (Fsp3) is 0.111. The molecule has 14 heavy (non-hydrogen) atoms. The van der Waals surface area contributed by atoms with Gasteiger partial charge in [0.1, 0.15) is 11.5 Å². The number of nitrogens with zero attached hydrogens (tertiary/aromatic N) is 2. The van der Waals surface area contributed by atoms with E-state index >= 15 is 0 Å². The molecule has 0 unspecified atom stereocenters. The number of rotatable bonds is 1. The highest BCUT2D eigenvalue weighted by molar-refractivity contribution is 5.61. The number of anilines is 1. The third kappa shape index (κ3) is 1.32. The van der Waals surface area contributed by atoms with E-state index in [9.17, 15) is 4.39 Å². The second-order valence-corrected chi connectivity index (χ2v) is 2.88. The third-order valence-electron chi connectivity index (χ3n) is 1.92. The lowest BCUT2D eigenvalue weighted by Crippen LogP contribution is -1.88. The predicted molar refractivity (Wildman–Crippen MR) is 48.8 cm³/mol. The van der Waals surface area contributed by atoms with E-state index in [1.165, 1.54) is 12.1 Å². The molecule has 4 nitrogen and oxygen atoms in total. The van der Waals surface area contributed by atoms with Crippen LogP contribution in [-0.4, -0.2) is 10.1 Å². The molecule has 0 aromatic carbocycles. The SMILES string of the molecule is Cc1c(N)noc1-c1ccc(F)cn1. The molecule has 0 spiro atoms. The van der Waals surface area contributed by atoms with E-state index in [1.807, 2.05) is 0 Å². The summed E-state index contributed by atoms with van der Waals surface area (Å²) < 4.78 is 17.5. The minimum atomic E-state index is -0.390. The van der Waals surface area contributed by atoms with Crippen LogP contribution in [-0.2, 0) is 0 Å². The summed E-state index contributed by atoms with van der Waals surface area (Å²) in [6.07, 6.45) is 1.12. The van der Waals surface area contributed by atoms with Crippen LogP contribution >= 0.6 is 0 Å². The summed E-state index contributed by atoms with van der Waals surface area (Å²) in [5.74, 6) is 0.410. The van der Waals surface area contributed by atoms with Crippen molar-refractivity contribution in [2.45, 2.75) is 6.92 Å². The topological polar surface area (TPSA) is 64.9 Å². The largest absolute Gasteiger partial charge is 0.381 e. The normalized spacial score (nSPS) is 10.4. The van der Waals surface area contributed by atoms with Gasteiger partial charge in [-0.15, -0.1) is 0 Å². The highest BCUT2D eigenvalue weighted by Crippen LogP contribution is 2.24. The van der Waals surface area contributed by atoms with Gasteiger partial charge in [0.05, 0.1) is 6.20 Å². The van der Waals surface area contributed by atoms with E-state index in [0.717, 1.165) is 6.20 Å². The van der Waals surface area contributed by atoms with Crippen LogP contribution in [0.1, 0.15) is 5.56 Å². The van der Waals surface area contributed by atoms with Crippen LogP contribution in [0, 0.1) is 12.7 Å². The zero-order chi connectivity index (χ0) is 10.1. The molecule has 0 aliphatic heterocycles. The van der Waals surface area contributed by atoms with Crippen LogP contribution < -0.4 is 5.73 Å². The van der Waals surface area contributed by atoms with Crippen LogP contribution in [0.25, 0.3) is 11.5 Å². The molecule has 0 atom stereocenters.